The topological polar surface area (TPSA) is 63.9 Å². The van der Waals surface area contributed by atoms with Crippen molar-refractivity contribution in [3.05, 3.63) is 101 Å². The first-order valence-corrected chi connectivity index (χ1v) is 11.5. The number of rotatable bonds is 5. The Labute approximate surface area is 196 Å². The van der Waals surface area contributed by atoms with E-state index in [1.165, 1.54) is 16.9 Å². The normalized spacial score (nSPS) is 11.1. The molecule has 3 heterocycles. The van der Waals surface area contributed by atoms with E-state index >= 15 is 0 Å². The predicted molar refractivity (Wildman–Crippen MR) is 132 cm³/mol. The Balaban J connectivity index is 1.59. The van der Waals surface area contributed by atoms with Crippen LogP contribution in [0.15, 0.2) is 73.1 Å². The highest BCUT2D eigenvalue weighted by Crippen LogP contribution is 2.33. The second-order valence-electron chi connectivity index (χ2n) is 7.95. The molecule has 0 aliphatic carbocycles. The van der Waals surface area contributed by atoms with Gasteiger partial charge in [0.1, 0.15) is 0 Å². The minimum absolute atomic E-state index is 0.145. The van der Waals surface area contributed by atoms with Crippen LogP contribution in [0.4, 0.5) is 5.13 Å². The summed E-state index contributed by atoms with van der Waals surface area (Å²) in [5, 5.41) is 5.15. The number of aryl methyl sites for hydroxylation is 2. The molecule has 0 N–H and O–H groups in total. The maximum Gasteiger partial charge on any atom is 0.263 e. The van der Waals surface area contributed by atoms with E-state index in [9.17, 15) is 4.79 Å². The van der Waals surface area contributed by atoms with Crippen LogP contribution >= 0.6 is 11.3 Å². The van der Waals surface area contributed by atoms with Crippen molar-refractivity contribution < 1.29 is 4.79 Å². The van der Waals surface area contributed by atoms with Crippen molar-refractivity contribution in [2.45, 2.75) is 27.3 Å². The van der Waals surface area contributed by atoms with E-state index in [4.69, 9.17) is 4.98 Å². The van der Waals surface area contributed by atoms with Crippen LogP contribution in [0.2, 0.25) is 0 Å². The number of anilines is 1. The molecule has 0 atom stereocenters. The summed E-state index contributed by atoms with van der Waals surface area (Å²) < 4.78 is 2.85. The molecule has 33 heavy (non-hydrogen) atoms. The first-order valence-electron chi connectivity index (χ1n) is 10.7. The molecule has 0 bridgehead atoms. The Hall–Kier alpha value is -3.84. The lowest BCUT2D eigenvalue weighted by atomic mass is 10.1. The molecule has 5 rings (SSSR count). The number of nitrogens with zero attached hydrogens (tertiary/aromatic N) is 5. The lowest BCUT2D eigenvalue weighted by molar-refractivity contribution is 0.0984. The standard InChI is InChI=1S/C26H23N5OS/c1-17-12-13-23-24(18(17)2)29-26(33-23)30(16-20-9-7-8-14-27-20)25(32)22-15-28-31(19(22)3)21-10-5-4-6-11-21/h4-15H,16H2,1-3H3. The van der Waals surface area contributed by atoms with E-state index < -0.39 is 0 Å². The highest BCUT2D eigenvalue weighted by atomic mass is 32.1. The van der Waals surface area contributed by atoms with Crippen molar-refractivity contribution in [1.29, 1.82) is 0 Å². The third-order valence-electron chi connectivity index (χ3n) is 5.84. The van der Waals surface area contributed by atoms with Crippen LogP contribution in [0.3, 0.4) is 0 Å². The number of carbonyl (C=O) groups excluding carboxylic acids is 1. The van der Waals surface area contributed by atoms with Gasteiger partial charge in [0, 0.05) is 6.20 Å². The molecule has 0 unspecified atom stereocenters. The Morgan fingerprint density at radius 1 is 1.00 bits per heavy atom. The third kappa shape index (κ3) is 3.91. The molecular formula is C26H23N5OS. The summed E-state index contributed by atoms with van der Waals surface area (Å²) in [6.07, 6.45) is 3.38. The summed E-state index contributed by atoms with van der Waals surface area (Å²) in [7, 11) is 0. The van der Waals surface area contributed by atoms with E-state index in [1.54, 1.807) is 22.0 Å². The first-order chi connectivity index (χ1) is 16.0. The van der Waals surface area contributed by atoms with Crippen LogP contribution in [0, 0.1) is 20.8 Å². The minimum Gasteiger partial charge on any atom is -0.278 e. The lowest BCUT2D eigenvalue weighted by Gasteiger charge is -2.19. The molecule has 0 spiro atoms. The maximum absolute atomic E-state index is 13.9. The van der Waals surface area contributed by atoms with Crippen LogP contribution in [-0.2, 0) is 6.54 Å². The van der Waals surface area contributed by atoms with Crippen LogP contribution in [0.1, 0.15) is 32.9 Å². The van der Waals surface area contributed by atoms with E-state index in [-0.39, 0.29) is 5.91 Å². The quantitative estimate of drug-likeness (QED) is 0.345. The van der Waals surface area contributed by atoms with E-state index in [0.29, 0.717) is 17.2 Å². The van der Waals surface area contributed by atoms with E-state index in [1.807, 2.05) is 55.5 Å². The van der Waals surface area contributed by atoms with Crippen LogP contribution < -0.4 is 4.90 Å². The largest absolute Gasteiger partial charge is 0.278 e. The van der Waals surface area contributed by atoms with E-state index in [2.05, 4.69) is 36.1 Å². The molecule has 0 saturated heterocycles. The number of benzene rings is 2. The van der Waals surface area contributed by atoms with Gasteiger partial charge in [-0.1, -0.05) is 41.7 Å². The molecule has 0 radical (unpaired) electrons. The zero-order valence-electron chi connectivity index (χ0n) is 18.7. The molecule has 1 amide bonds. The molecule has 7 heteroatoms. The van der Waals surface area contributed by atoms with Gasteiger partial charge in [-0.3, -0.25) is 14.7 Å². The first kappa shape index (κ1) is 21.0. The van der Waals surface area contributed by atoms with Gasteiger partial charge in [0.15, 0.2) is 5.13 Å². The van der Waals surface area contributed by atoms with Crippen molar-refractivity contribution in [2.75, 3.05) is 4.90 Å². The number of thiazole rings is 1. The average molecular weight is 454 g/mol. The van der Waals surface area contributed by atoms with E-state index in [0.717, 1.165) is 32.9 Å². The number of fused-ring (bicyclic) bond motifs is 1. The predicted octanol–water partition coefficient (Wildman–Crippen LogP) is 5.65. The summed E-state index contributed by atoms with van der Waals surface area (Å²) >= 11 is 1.52. The Kier molecular flexibility index (Phi) is 5.48. The number of aromatic nitrogens is 4. The van der Waals surface area contributed by atoms with Crippen LogP contribution in [-0.4, -0.2) is 25.7 Å². The van der Waals surface area contributed by atoms with Crippen molar-refractivity contribution in [1.82, 2.24) is 19.7 Å². The molecule has 3 aromatic heterocycles. The van der Waals surface area contributed by atoms with Crippen LogP contribution in [0.5, 0.6) is 0 Å². The number of carbonyl (C=O) groups is 1. The summed E-state index contributed by atoms with van der Waals surface area (Å²) in [6, 6.07) is 19.7. The van der Waals surface area contributed by atoms with Gasteiger partial charge in [0.05, 0.1) is 45.6 Å². The molecule has 164 valence electrons. The Morgan fingerprint density at radius 2 is 1.79 bits per heavy atom. The Bertz CT molecular complexity index is 1440. The van der Waals surface area contributed by atoms with Gasteiger partial charge in [-0.2, -0.15) is 5.10 Å². The highest BCUT2D eigenvalue weighted by Gasteiger charge is 2.26. The smallest absolute Gasteiger partial charge is 0.263 e. The van der Waals surface area contributed by atoms with Crippen molar-refractivity contribution in [2.24, 2.45) is 0 Å². The number of hydrogen-bond acceptors (Lipinski definition) is 5. The average Bonchev–Trinajstić information content (AvgIpc) is 3.45. The number of amides is 1. The highest BCUT2D eigenvalue weighted by molar-refractivity contribution is 7.22. The van der Waals surface area contributed by atoms with Crippen molar-refractivity contribution >= 4 is 32.6 Å². The zero-order chi connectivity index (χ0) is 22.9. The van der Waals surface area contributed by atoms with Gasteiger partial charge >= 0.3 is 0 Å². The molecule has 2 aromatic carbocycles. The SMILES string of the molecule is Cc1ccc2sc(N(Cc3ccccn3)C(=O)c3cnn(-c4ccccc4)c3C)nc2c1C. The van der Waals surface area contributed by atoms with Gasteiger partial charge in [0.2, 0.25) is 0 Å². The monoisotopic (exact) mass is 453 g/mol. The second kappa shape index (κ2) is 8.60. The molecule has 5 aromatic rings. The molecule has 6 nitrogen and oxygen atoms in total. The minimum atomic E-state index is -0.145. The number of para-hydroxylation sites is 1. The number of hydrogen-bond donors (Lipinski definition) is 0. The zero-order valence-corrected chi connectivity index (χ0v) is 19.5. The fraction of sp³-hybridized carbons (Fsp3) is 0.154. The summed E-state index contributed by atoms with van der Waals surface area (Å²) in [5.74, 6) is -0.145. The van der Waals surface area contributed by atoms with Crippen LogP contribution in [0.25, 0.3) is 15.9 Å². The van der Waals surface area contributed by atoms with Gasteiger partial charge in [-0.05, 0) is 62.2 Å². The summed E-state index contributed by atoms with van der Waals surface area (Å²) in [5.41, 5.74) is 6.29. The summed E-state index contributed by atoms with van der Waals surface area (Å²) in [6.45, 7) is 6.39. The molecule has 0 fully saturated rings. The maximum atomic E-state index is 13.9. The molecule has 0 aliphatic rings. The van der Waals surface area contributed by atoms with Crippen molar-refractivity contribution in [3.8, 4) is 5.69 Å². The summed E-state index contributed by atoms with van der Waals surface area (Å²) in [4.78, 5) is 24.9. The second-order valence-corrected chi connectivity index (χ2v) is 8.96. The molecular weight excluding hydrogens is 430 g/mol. The lowest BCUT2D eigenvalue weighted by Crippen LogP contribution is -2.31. The fourth-order valence-electron chi connectivity index (χ4n) is 3.80. The Morgan fingerprint density at radius 3 is 2.55 bits per heavy atom. The third-order valence-corrected chi connectivity index (χ3v) is 6.88. The molecule has 0 aliphatic heterocycles. The van der Waals surface area contributed by atoms with Gasteiger partial charge in [-0.15, -0.1) is 0 Å². The number of pyridine rings is 1. The van der Waals surface area contributed by atoms with Crippen molar-refractivity contribution in [3.63, 3.8) is 0 Å². The van der Waals surface area contributed by atoms with Gasteiger partial charge in [-0.25, -0.2) is 9.67 Å². The molecule has 0 saturated carbocycles. The van der Waals surface area contributed by atoms with Gasteiger partial charge in [0.25, 0.3) is 5.91 Å². The fourth-order valence-corrected chi connectivity index (χ4v) is 4.83. The van der Waals surface area contributed by atoms with Gasteiger partial charge < -0.3 is 0 Å².